The zero-order valence-electron chi connectivity index (χ0n) is 31.9. The molecule has 4 aromatic rings. The van der Waals surface area contributed by atoms with E-state index in [9.17, 15) is 14.7 Å². The number of benzene rings is 2. The number of imide groups is 1. The lowest BCUT2D eigenvalue weighted by molar-refractivity contribution is -0.134. The zero-order valence-corrected chi connectivity index (χ0v) is 31.9. The maximum absolute atomic E-state index is 12.2. The normalized spacial score (nSPS) is 26.0. The van der Waals surface area contributed by atoms with Gasteiger partial charge in [-0.15, -0.1) is 10.2 Å². The fraction of sp³-hybridized carbons (Fsp3) is 0.488. The van der Waals surface area contributed by atoms with Gasteiger partial charge in [0.2, 0.25) is 17.8 Å². The molecule has 56 heavy (non-hydrogen) atoms. The zero-order chi connectivity index (χ0) is 38.2. The van der Waals surface area contributed by atoms with Gasteiger partial charge in [-0.3, -0.25) is 14.9 Å². The number of piperazine rings is 1. The lowest BCUT2D eigenvalue weighted by atomic mass is 9.80. The average Bonchev–Trinajstić information content (AvgIpc) is 3.50. The maximum Gasteiger partial charge on any atom is 0.243 e. The largest absolute Gasteiger partial charge is 0.507 e. The summed E-state index contributed by atoms with van der Waals surface area (Å²) >= 11 is 0. The van der Waals surface area contributed by atoms with Crippen LogP contribution < -0.4 is 26.2 Å². The van der Waals surface area contributed by atoms with E-state index in [1.165, 1.54) is 42.5 Å². The van der Waals surface area contributed by atoms with Gasteiger partial charge in [0.25, 0.3) is 0 Å². The molecule has 4 aliphatic heterocycles. The molecular weight excluding hydrogens is 705 g/mol. The average molecular weight is 757 g/mol. The van der Waals surface area contributed by atoms with Crippen molar-refractivity contribution in [2.75, 3.05) is 41.7 Å². The Morgan fingerprint density at radius 2 is 1.59 bits per heavy atom. The topological polar surface area (TPSA) is 166 Å². The van der Waals surface area contributed by atoms with Gasteiger partial charge < -0.3 is 30.9 Å². The fourth-order valence-corrected chi connectivity index (χ4v) is 10.0. The standard InChI is InChI=1S/C43H52N10O3/c44-41-38(23-37(49-50-41)34-6-1-2-7-39(34)54)52-25-32-12-13-33(26-52)53(32)43-45-19-16-35(47-43)29-17-20-51(21-18-29)31-10-8-28(9-11-31)30-5-3-4-27(22-30)24-46-36-14-15-40(55)48-42(36)56/h1-7,16,19,22-23,28-29,31-33,36,46,54H,8-15,17-18,20-21,24-26H2,(H2,44,50)(H,48,55,56)/t28?,31?,32-,33+,36-/m0/s1. The van der Waals surface area contributed by atoms with Crippen molar-refractivity contribution >= 4 is 29.3 Å². The van der Waals surface area contributed by atoms with Crippen molar-refractivity contribution in [3.63, 3.8) is 0 Å². The van der Waals surface area contributed by atoms with Crippen molar-refractivity contribution in [1.29, 1.82) is 0 Å². The van der Waals surface area contributed by atoms with Gasteiger partial charge in [-0.1, -0.05) is 36.4 Å². The van der Waals surface area contributed by atoms with E-state index in [0.29, 0.717) is 54.3 Å². The fourth-order valence-electron chi connectivity index (χ4n) is 10.0. The van der Waals surface area contributed by atoms with Gasteiger partial charge in [0.15, 0.2) is 5.82 Å². The second kappa shape index (κ2) is 15.8. The van der Waals surface area contributed by atoms with Crippen molar-refractivity contribution < 1.29 is 14.7 Å². The Kier molecular flexibility index (Phi) is 10.3. The molecule has 1 saturated carbocycles. The molecule has 2 bridgehead atoms. The minimum absolute atomic E-state index is 0.173. The van der Waals surface area contributed by atoms with Crippen LogP contribution in [0.1, 0.15) is 92.9 Å². The number of likely N-dealkylation sites (tertiary alicyclic amines) is 1. The number of hydrogen-bond donors (Lipinski definition) is 4. The number of nitrogens with two attached hydrogens (primary N) is 1. The number of aromatic hydroxyl groups is 1. The molecule has 13 nitrogen and oxygen atoms in total. The Morgan fingerprint density at radius 1 is 0.821 bits per heavy atom. The van der Waals surface area contributed by atoms with Crippen LogP contribution in [-0.2, 0) is 16.1 Å². The maximum atomic E-state index is 12.2. The molecule has 13 heteroatoms. The van der Waals surface area contributed by atoms with Crippen LogP contribution >= 0.6 is 0 Å². The van der Waals surface area contributed by atoms with E-state index in [4.69, 9.17) is 15.7 Å². The number of rotatable bonds is 9. The minimum atomic E-state index is -0.311. The molecule has 2 aromatic carbocycles. The van der Waals surface area contributed by atoms with Crippen LogP contribution in [0.25, 0.3) is 11.3 Å². The summed E-state index contributed by atoms with van der Waals surface area (Å²) in [5.41, 5.74) is 12.2. The predicted molar refractivity (Wildman–Crippen MR) is 215 cm³/mol. The molecule has 5 aliphatic rings. The molecule has 5 fully saturated rings. The van der Waals surface area contributed by atoms with E-state index >= 15 is 0 Å². The van der Waals surface area contributed by atoms with E-state index in [2.05, 4.69) is 65.9 Å². The number of nitrogens with one attached hydrogen (secondary N) is 2. The molecule has 2 aromatic heterocycles. The Hall–Kier alpha value is -5.14. The van der Waals surface area contributed by atoms with Crippen LogP contribution in [0.4, 0.5) is 17.5 Å². The molecular formula is C43H52N10O3. The third kappa shape index (κ3) is 7.54. The van der Waals surface area contributed by atoms with Gasteiger partial charge >= 0.3 is 0 Å². The molecule has 9 rings (SSSR count). The molecule has 292 valence electrons. The highest BCUT2D eigenvalue weighted by Crippen LogP contribution is 2.40. The minimum Gasteiger partial charge on any atom is -0.507 e. The number of nitrogens with zero attached hydrogens (tertiary/aromatic N) is 7. The Bertz CT molecular complexity index is 2050. The summed E-state index contributed by atoms with van der Waals surface area (Å²) in [7, 11) is 0. The van der Waals surface area contributed by atoms with Gasteiger partial charge in [0.1, 0.15) is 5.75 Å². The number of carbonyl (C=O) groups excluding carboxylic acids is 2. The Labute approximate surface area is 328 Å². The molecule has 1 aliphatic carbocycles. The van der Waals surface area contributed by atoms with Crippen LogP contribution in [0.15, 0.2) is 66.9 Å². The number of fused-ring (bicyclic) bond motifs is 2. The third-order valence-electron chi connectivity index (χ3n) is 13.1. The second-order valence-electron chi connectivity index (χ2n) is 16.4. The highest BCUT2D eigenvalue weighted by Gasteiger charge is 2.42. The van der Waals surface area contributed by atoms with Gasteiger partial charge in [-0.05, 0) is 112 Å². The SMILES string of the molecule is Nc1nnc(-c2ccccc2O)cc1N1C[C@H]2CC[C@@H](C1)N2c1nccc(C2CCN(C3CCC(c4cccc(CN[C@H]5CCC(=O)NC5=O)c4)CC3)CC2)n1. The van der Waals surface area contributed by atoms with Gasteiger partial charge in [-0.2, -0.15) is 0 Å². The highest BCUT2D eigenvalue weighted by atomic mass is 16.3. The molecule has 3 atom stereocenters. The predicted octanol–water partition coefficient (Wildman–Crippen LogP) is 4.88. The van der Waals surface area contributed by atoms with Crippen molar-refractivity contribution in [3.8, 4) is 17.0 Å². The summed E-state index contributed by atoms with van der Waals surface area (Å²) in [6, 6.07) is 21.0. The number of aromatic nitrogens is 4. The lowest BCUT2D eigenvalue weighted by Gasteiger charge is -2.42. The Morgan fingerprint density at radius 3 is 2.36 bits per heavy atom. The van der Waals surface area contributed by atoms with E-state index in [1.807, 2.05) is 24.4 Å². The number of anilines is 3. The summed E-state index contributed by atoms with van der Waals surface area (Å²) in [6.07, 6.45) is 12.1. The molecule has 2 amide bonds. The first-order valence-corrected chi connectivity index (χ1v) is 20.5. The summed E-state index contributed by atoms with van der Waals surface area (Å²) < 4.78 is 0. The van der Waals surface area contributed by atoms with Crippen LogP contribution in [-0.4, -0.2) is 92.3 Å². The summed E-state index contributed by atoms with van der Waals surface area (Å²) in [5, 5.41) is 24.8. The van der Waals surface area contributed by atoms with Crippen molar-refractivity contribution in [1.82, 2.24) is 35.7 Å². The second-order valence-corrected chi connectivity index (χ2v) is 16.4. The van der Waals surface area contributed by atoms with Gasteiger partial charge in [0.05, 0.1) is 17.4 Å². The molecule has 4 saturated heterocycles. The third-order valence-corrected chi connectivity index (χ3v) is 13.1. The number of para-hydroxylation sites is 1. The number of amides is 2. The molecule has 6 heterocycles. The van der Waals surface area contributed by atoms with E-state index in [-0.39, 0.29) is 35.7 Å². The molecule has 5 N–H and O–H groups in total. The number of nitrogen functional groups attached to an aromatic ring is 1. The monoisotopic (exact) mass is 756 g/mol. The molecule has 0 unspecified atom stereocenters. The van der Waals surface area contributed by atoms with Crippen molar-refractivity contribution in [2.45, 2.75) is 107 Å². The first-order chi connectivity index (χ1) is 27.4. The van der Waals surface area contributed by atoms with Crippen LogP contribution in [0.3, 0.4) is 0 Å². The van der Waals surface area contributed by atoms with Crippen LogP contribution in [0.2, 0.25) is 0 Å². The van der Waals surface area contributed by atoms with Gasteiger partial charge in [-0.25, -0.2) is 9.97 Å². The van der Waals surface area contributed by atoms with Crippen LogP contribution in [0, 0.1) is 0 Å². The summed E-state index contributed by atoms with van der Waals surface area (Å²) in [4.78, 5) is 41.2. The quantitative estimate of drug-likeness (QED) is 0.171. The van der Waals surface area contributed by atoms with Gasteiger partial charge in [0, 0.05) is 67.6 Å². The van der Waals surface area contributed by atoms with Crippen molar-refractivity contribution in [2.24, 2.45) is 0 Å². The van der Waals surface area contributed by atoms with Crippen molar-refractivity contribution in [3.05, 3.63) is 83.7 Å². The number of phenols is 1. The lowest BCUT2D eigenvalue weighted by Crippen LogP contribution is -2.54. The number of hydrogen-bond acceptors (Lipinski definition) is 12. The first kappa shape index (κ1) is 36.5. The number of piperidine rings is 2. The first-order valence-electron chi connectivity index (χ1n) is 20.5. The van der Waals surface area contributed by atoms with E-state index < -0.39 is 0 Å². The molecule has 0 radical (unpaired) electrons. The highest BCUT2D eigenvalue weighted by molar-refractivity contribution is 6.00. The summed E-state index contributed by atoms with van der Waals surface area (Å²) in [6.45, 7) is 4.44. The number of carbonyl (C=O) groups is 2. The molecule has 0 spiro atoms. The van der Waals surface area contributed by atoms with Crippen LogP contribution in [0.5, 0.6) is 5.75 Å². The van der Waals surface area contributed by atoms with E-state index in [0.717, 1.165) is 63.5 Å². The summed E-state index contributed by atoms with van der Waals surface area (Å²) in [5.74, 6) is 2.03. The smallest absolute Gasteiger partial charge is 0.243 e. The number of phenolic OH excluding ortho intramolecular Hbond substituents is 1. The van der Waals surface area contributed by atoms with E-state index in [1.54, 1.807) is 12.1 Å². The Balaban J connectivity index is 0.775.